The highest BCUT2D eigenvalue weighted by atomic mass is 19.1. The number of nitrogens with one attached hydrogen (secondary N) is 3. The number of ether oxygens (including phenoxy) is 1. The number of aromatic nitrogens is 3. The van der Waals surface area contributed by atoms with E-state index in [1.807, 2.05) is 30.3 Å². The molecule has 0 fully saturated rings. The lowest BCUT2D eigenvalue weighted by Crippen LogP contribution is -2.32. The molecular weight excluding hydrogens is 662 g/mol. The molecule has 0 aliphatic carbocycles. The molecule has 0 saturated heterocycles. The maximum Gasteiger partial charge on any atom is 0.251 e. The number of anilines is 1. The zero-order chi connectivity index (χ0) is 36.0. The first-order valence-electron chi connectivity index (χ1n) is 16.3. The second-order valence-electron chi connectivity index (χ2n) is 11.9. The topological polar surface area (TPSA) is 118 Å². The number of carbonyl (C=O) groups excluding carboxylic acids is 1. The van der Waals surface area contributed by atoms with Crippen LogP contribution in [0.15, 0.2) is 145 Å². The Labute approximate surface area is 298 Å². The maximum absolute atomic E-state index is 15.6. The summed E-state index contributed by atoms with van der Waals surface area (Å²) in [6.07, 6.45) is 6.60. The highest BCUT2D eigenvalue weighted by molar-refractivity contribution is 6.05. The van der Waals surface area contributed by atoms with Crippen molar-refractivity contribution in [2.45, 2.75) is 12.6 Å². The summed E-state index contributed by atoms with van der Waals surface area (Å²) < 4.78 is 42.7. The van der Waals surface area contributed by atoms with Crippen LogP contribution in [0.2, 0.25) is 0 Å². The Bertz CT molecular complexity index is 2320. The predicted octanol–water partition coefficient (Wildman–Crippen LogP) is 8.77. The van der Waals surface area contributed by atoms with Crippen molar-refractivity contribution in [3.05, 3.63) is 169 Å². The minimum atomic E-state index is -0.714. The van der Waals surface area contributed by atoms with Crippen LogP contribution in [0.5, 0.6) is 5.75 Å². The molecule has 0 saturated carbocycles. The number of rotatable bonds is 11. The zero-order valence-corrected chi connectivity index (χ0v) is 27.9. The molecular formula is C41H32F2N6O3. The number of pyridine rings is 1. The molecule has 7 rings (SSSR count). The van der Waals surface area contributed by atoms with Gasteiger partial charge in [0.2, 0.25) is 0 Å². The van der Waals surface area contributed by atoms with E-state index in [0.717, 1.165) is 11.1 Å². The van der Waals surface area contributed by atoms with Gasteiger partial charge < -0.3 is 24.4 Å². The van der Waals surface area contributed by atoms with E-state index in [2.05, 4.69) is 20.6 Å². The van der Waals surface area contributed by atoms with Gasteiger partial charge in [-0.05, 0) is 77.9 Å². The van der Waals surface area contributed by atoms with Crippen LogP contribution < -0.4 is 15.4 Å². The van der Waals surface area contributed by atoms with E-state index >= 15 is 4.39 Å². The summed E-state index contributed by atoms with van der Waals surface area (Å²) >= 11 is 0. The number of nitrogens with zero attached hydrogens (tertiary/aromatic N) is 3. The smallest absolute Gasteiger partial charge is 0.251 e. The number of halogens is 2. The molecule has 9 nitrogen and oxygen atoms in total. The van der Waals surface area contributed by atoms with Gasteiger partial charge in [-0.15, -0.1) is 0 Å². The van der Waals surface area contributed by atoms with Gasteiger partial charge in [-0.2, -0.15) is 0 Å². The molecule has 0 bridgehead atoms. The monoisotopic (exact) mass is 694 g/mol. The van der Waals surface area contributed by atoms with Gasteiger partial charge in [0, 0.05) is 53.6 Å². The molecule has 258 valence electrons. The van der Waals surface area contributed by atoms with Crippen molar-refractivity contribution in [1.82, 2.24) is 19.9 Å². The summed E-state index contributed by atoms with van der Waals surface area (Å²) in [5, 5.41) is 14.4. The molecule has 0 unspecified atom stereocenters. The lowest BCUT2D eigenvalue weighted by atomic mass is 9.99. The fraction of sp³-hybridized carbons (Fsp3) is 0.0732. The summed E-state index contributed by atoms with van der Waals surface area (Å²) in [4.78, 5) is 21.8. The largest absolute Gasteiger partial charge is 0.496 e. The van der Waals surface area contributed by atoms with Gasteiger partial charge in [-0.1, -0.05) is 42.5 Å². The first kappa shape index (κ1) is 33.6. The number of hydrogen-bond acceptors (Lipinski definition) is 6. The Morgan fingerprint density at radius 2 is 1.63 bits per heavy atom. The second kappa shape index (κ2) is 14.9. The van der Waals surface area contributed by atoms with Gasteiger partial charge >= 0.3 is 0 Å². The van der Waals surface area contributed by atoms with E-state index in [9.17, 15) is 9.18 Å². The fourth-order valence-corrected chi connectivity index (χ4v) is 5.82. The molecule has 0 spiro atoms. The standard InChI is InChI=1S/C41H32F2N6O3/c1-51-39-23-31(47-40(44)35-4-2-3-19-46-35)14-16-33(39)38-18-17-37(52-38)27-5-7-28(8-6-27)41(50)48-36(24-49-21-20-45-25-49)32-15-11-29(22-34(32)43)26-9-12-30(42)13-10-26/h2-23,25,36H,24H2,1H3,(H2,44,47)(H,48,50)/t36-/m0/s1. The normalized spacial score (nSPS) is 11.5. The molecule has 3 heterocycles. The van der Waals surface area contributed by atoms with Crippen molar-refractivity contribution in [2.75, 3.05) is 12.4 Å². The Kier molecular flexibility index (Phi) is 9.65. The number of furan rings is 1. The number of amidine groups is 1. The van der Waals surface area contributed by atoms with Crippen LogP contribution in [0.25, 0.3) is 33.8 Å². The minimum absolute atomic E-state index is 0.158. The van der Waals surface area contributed by atoms with Crippen LogP contribution in [-0.2, 0) is 6.54 Å². The second-order valence-corrected chi connectivity index (χ2v) is 11.9. The summed E-state index contributed by atoms with van der Waals surface area (Å²) in [6, 6.07) is 31.4. The van der Waals surface area contributed by atoms with Crippen molar-refractivity contribution in [1.29, 1.82) is 5.41 Å². The Balaban J connectivity index is 1.06. The molecule has 7 aromatic rings. The summed E-state index contributed by atoms with van der Waals surface area (Å²) in [5.41, 5.74) is 4.61. The molecule has 3 N–H and O–H groups in total. The van der Waals surface area contributed by atoms with Crippen molar-refractivity contribution in [3.63, 3.8) is 0 Å². The van der Waals surface area contributed by atoms with Gasteiger partial charge in [0.1, 0.15) is 40.4 Å². The van der Waals surface area contributed by atoms with Gasteiger partial charge in [0.15, 0.2) is 0 Å². The van der Waals surface area contributed by atoms with Gasteiger partial charge in [0.25, 0.3) is 5.91 Å². The SMILES string of the molecule is COc1cc(NC(=N)c2ccccn2)ccc1-c1ccc(-c2ccc(C(=O)N[C@@H](Cn3ccnc3)c3ccc(-c4ccc(F)cc4)cc3F)cc2)o1. The minimum Gasteiger partial charge on any atom is -0.496 e. The molecule has 11 heteroatoms. The predicted molar refractivity (Wildman–Crippen MR) is 195 cm³/mol. The molecule has 3 aromatic heterocycles. The zero-order valence-electron chi connectivity index (χ0n) is 27.9. The lowest BCUT2D eigenvalue weighted by molar-refractivity contribution is 0.0932. The quantitative estimate of drug-likeness (QED) is 0.0921. The third-order valence-corrected chi connectivity index (χ3v) is 8.51. The van der Waals surface area contributed by atoms with E-state index < -0.39 is 11.9 Å². The summed E-state index contributed by atoms with van der Waals surface area (Å²) in [5.74, 6) is 0.627. The number of benzene rings is 4. The molecule has 4 aromatic carbocycles. The van der Waals surface area contributed by atoms with Crippen molar-refractivity contribution < 1.29 is 22.7 Å². The summed E-state index contributed by atoms with van der Waals surface area (Å²) in [7, 11) is 1.57. The van der Waals surface area contributed by atoms with Gasteiger partial charge in [0.05, 0.1) is 25.0 Å². The lowest BCUT2D eigenvalue weighted by Gasteiger charge is -2.21. The maximum atomic E-state index is 15.6. The van der Waals surface area contributed by atoms with Crippen LogP contribution in [-0.4, -0.2) is 33.4 Å². The average molecular weight is 695 g/mol. The Hall–Kier alpha value is -6.88. The van der Waals surface area contributed by atoms with Crippen molar-refractivity contribution in [3.8, 4) is 39.5 Å². The van der Waals surface area contributed by atoms with Crippen molar-refractivity contribution in [2.24, 2.45) is 0 Å². The fourth-order valence-electron chi connectivity index (χ4n) is 5.82. The number of methoxy groups -OCH3 is 1. The number of hydrogen-bond donors (Lipinski definition) is 3. The molecule has 0 radical (unpaired) electrons. The van der Waals surface area contributed by atoms with Gasteiger partial charge in [-0.3, -0.25) is 15.2 Å². The molecule has 1 amide bonds. The van der Waals surface area contributed by atoms with E-state index in [1.165, 1.54) is 18.2 Å². The van der Waals surface area contributed by atoms with E-state index in [1.54, 1.807) is 103 Å². The third kappa shape index (κ3) is 7.48. The number of imidazole rings is 1. The highest BCUT2D eigenvalue weighted by Crippen LogP contribution is 2.36. The van der Waals surface area contributed by atoms with Crippen LogP contribution in [0.4, 0.5) is 14.5 Å². The van der Waals surface area contributed by atoms with Crippen LogP contribution in [0.3, 0.4) is 0 Å². The van der Waals surface area contributed by atoms with Crippen LogP contribution in [0.1, 0.15) is 27.7 Å². The third-order valence-electron chi connectivity index (χ3n) is 8.51. The van der Waals surface area contributed by atoms with Crippen LogP contribution >= 0.6 is 0 Å². The van der Waals surface area contributed by atoms with Crippen molar-refractivity contribution >= 4 is 17.4 Å². The molecule has 0 aliphatic rings. The first-order valence-corrected chi connectivity index (χ1v) is 16.3. The Morgan fingerprint density at radius 3 is 2.35 bits per heavy atom. The van der Waals surface area contributed by atoms with Gasteiger partial charge in [-0.25, -0.2) is 13.8 Å². The first-order chi connectivity index (χ1) is 25.3. The number of carbonyl (C=O) groups is 1. The number of amides is 1. The molecule has 0 aliphatic heterocycles. The van der Waals surface area contributed by atoms with E-state index in [0.29, 0.717) is 50.9 Å². The summed E-state index contributed by atoms with van der Waals surface area (Å²) in [6.45, 7) is 0.249. The molecule has 52 heavy (non-hydrogen) atoms. The average Bonchev–Trinajstić information content (AvgIpc) is 3.88. The van der Waals surface area contributed by atoms with Crippen LogP contribution in [0, 0.1) is 17.0 Å². The molecule has 1 atom stereocenters. The van der Waals surface area contributed by atoms with E-state index in [-0.39, 0.29) is 24.1 Å². The Morgan fingerprint density at radius 1 is 0.865 bits per heavy atom. The highest BCUT2D eigenvalue weighted by Gasteiger charge is 2.21. The van der Waals surface area contributed by atoms with E-state index in [4.69, 9.17) is 14.6 Å².